The zero-order valence-electron chi connectivity index (χ0n) is 10.5. The molecular weight excluding hydrogens is 242 g/mol. The van der Waals surface area contributed by atoms with Crippen LogP contribution in [-0.4, -0.2) is 6.04 Å². The van der Waals surface area contributed by atoms with Gasteiger partial charge < -0.3 is 5.73 Å². The molecule has 0 aromatic heterocycles. The zero-order chi connectivity index (χ0) is 13.0. The number of nitrogens with two attached hydrogens (primary N) is 1. The minimum atomic E-state index is 0.117. The van der Waals surface area contributed by atoms with Crippen LogP contribution in [0.2, 0.25) is 5.02 Å². The van der Waals surface area contributed by atoms with E-state index in [1.807, 2.05) is 18.2 Å². The maximum absolute atomic E-state index is 6.12. The molecule has 0 aliphatic heterocycles. The summed E-state index contributed by atoms with van der Waals surface area (Å²) in [6.07, 6.45) is 0.958. The summed E-state index contributed by atoms with van der Waals surface area (Å²) in [4.78, 5) is 0. The van der Waals surface area contributed by atoms with Crippen LogP contribution in [0.5, 0.6) is 0 Å². The number of rotatable bonds is 4. The Morgan fingerprint density at radius 1 is 1.00 bits per heavy atom. The van der Waals surface area contributed by atoms with Gasteiger partial charge >= 0.3 is 0 Å². The summed E-state index contributed by atoms with van der Waals surface area (Å²) in [5, 5.41) is 0.766. The molecule has 2 N–H and O–H groups in total. The van der Waals surface area contributed by atoms with Gasteiger partial charge in [0.05, 0.1) is 0 Å². The van der Waals surface area contributed by atoms with Gasteiger partial charge in [-0.1, -0.05) is 54.1 Å². The van der Waals surface area contributed by atoms with Gasteiger partial charge in [-0.2, -0.15) is 0 Å². The lowest BCUT2D eigenvalue weighted by molar-refractivity contribution is 0.565. The molecule has 2 aromatic rings. The van der Waals surface area contributed by atoms with Crippen LogP contribution in [-0.2, 0) is 6.42 Å². The van der Waals surface area contributed by atoms with Crippen LogP contribution in [0, 0.1) is 0 Å². The highest BCUT2D eigenvalue weighted by molar-refractivity contribution is 6.30. The van der Waals surface area contributed by atoms with E-state index in [0.29, 0.717) is 5.92 Å². The second kappa shape index (κ2) is 6.03. The number of halogens is 1. The smallest absolute Gasteiger partial charge is 0.0406 e. The summed E-state index contributed by atoms with van der Waals surface area (Å²) in [5.41, 5.74) is 8.68. The molecule has 0 heterocycles. The third-order valence-electron chi connectivity index (χ3n) is 3.23. The third-order valence-corrected chi connectivity index (χ3v) is 3.48. The van der Waals surface area contributed by atoms with E-state index in [1.54, 1.807) is 0 Å². The SMILES string of the molecule is C[C@@H](N)[C@@H](Cc1ccccc1)c1ccc(Cl)cc1. The van der Waals surface area contributed by atoms with Crippen molar-refractivity contribution in [3.63, 3.8) is 0 Å². The fourth-order valence-corrected chi connectivity index (χ4v) is 2.31. The summed E-state index contributed by atoms with van der Waals surface area (Å²) in [5.74, 6) is 0.324. The predicted octanol–water partition coefficient (Wildman–Crippen LogP) is 4.01. The molecule has 18 heavy (non-hydrogen) atoms. The van der Waals surface area contributed by atoms with E-state index in [2.05, 4.69) is 43.3 Å². The van der Waals surface area contributed by atoms with Gasteiger partial charge in [-0.3, -0.25) is 0 Å². The van der Waals surface area contributed by atoms with Gasteiger partial charge in [0.25, 0.3) is 0 Å². The van der Waals surface area contributed by atoms with Crippen LogP contribution >= 0.6 is 11.6 Å². The van der Waals surface area contributed by atoms with Crippen LogP contribution in [0.4, 0.5) is 0 Å². The largest absolute Gasteiger partial charge is 0.327 e. The first-order valence-corrected chi connectivity index (χ1v) is 6.59. The first-order chi connectivity index (χ1) is 8.66. The maximum Gasteiger partial charge on any atom is 0.0406 e. The molecule has 1 nitrogen and oxygen atoms in total. The Labute approximate surface area is 114 Å². The summed E-state index contributed by atoms with van der Waals surface area (Å²) in [6, 6.07) is 18.6. The van der Waals surface area contributed by atoms with Gasteiger partial charge in [0, 0.05) is 17.0 Å². The van der Waals surface area contributed by atoms with Crippen LogP contribution in [0.15, 0.2) is 54.6 Å². The molecule has 0 amide bonds. The molecule has 0 saturated heterocycles. The average molecular weight is 260 g/mol. The van der Waals surface area contributed by atoms with Crippen molar-refractivity contribution in [2.45, 2.75) is 25.3 Å². The average Bonchev–Trinajstić information content (AvgIpc) is 2.38. The van der Waals surface area contributed by atoms with Gasteiger partial charge in [0.15, 0.2) is 0 Å². The van der Waals surface area contributed by atoms with Crippen LogP contribution < -0.4 is 5.73 Å². The summed E-state index contributed by atoms with van der Waals surface area (Å²) in [6.45, 7) is 2.06. The van der Waals surface area contributed by atoms with Crippen molar-refractivity contribution in [3.05, 3.63) is 70.7 Å². The standard InChI is InChI=1S/C16H18ClN/c1-12(18)16(11-13-5-3-2-4-6-13)14-7-9-15(17)10-8-14/h2-10,12,16H,11,18H2,1H3/t12-,16-/m1/s1. The molecular formula is C16H18ClN. The van der Waals surface area contributed by atoms with Crippen molar-refractivity contribution in [2.24, 2.45) is 5.73 Å². The molecule has 0 radical (unpaired) electrons. The lowest BCUT2D eigenvalue weighted by Gasteiger charge is -2.21. The molecule has 94 valence electrons. The number of hydrogen-bond donors (Lipinski definition) is 1. The molecule has 2 aromatic carbocycles. The second-order valence-corrected chi connectivity index (χ2v) is 5.14. The molecule has 0 fully saturated rings. The van der Waals surface area contributed by atoms with Crippen molar-refractivity contribution in [3.8, 4) is 0 Å². The molecule has 0 aliphatic rings. The first kappa shape index (κ1) is 13.1. The highest BCUT2D eigenvalue weighted by Crippen LogP contribution is 2.24. The monoisotopic (exact) mass is 259 g/mol. The van der Waals surface area contributed by atoms with Gasteiger partial charge in [-0.25, -0.2) is 0 Å². The topological polar surface area (TPSA) is 26.0 Å². The van der Waals surface area contributed by atoms with E-state index >= 15 is 0 Å². The van der Waals surface area contributed by atoms with Crippen LogP contribution in [0.25, 0.3) is 0 Å². The van der Waals surface area contributed by atoms with E-state index in [-0.39, 0.29) is 6.04 Å². The Morgan fingerprint density at radius 3 is 2.17 bits per heavy atom. The predicted molar refractivity (Wildman–Crippen MR) is 78.0 cm³/mol. The number of benzene rings is 2. The Morgan fingerprint density at radius 2 is 1.61 bits per heavy atom. The number of hydrogen-bond acceptors (Lipinski definition) is 1. The molecule has 0 spiro atoms. The van der Waals surface area contributed by atoms with E-state index < -0.39 is 0 Å². The van der Waals surface area contributed by atoms with Crippen molar-refractivity contribution in [1.82, 2.24) is 0 Å². The molecule has 0 bridgehead atoms. The normalized spacial score (nSPS) is 14.2. The minimum absolute atomic E-state index is 0.117. The first-order valence-electron chi connectivity index (χ1n) is 6.22. The van der Waals surface area contributed by atoms with Crippen molar-refractivity contribution in [2.75, 3.05) is 0 Å². The molecule has 0 unspecified atom stereocenters. The fraction of sp³-hybridized carbons (Fsp3) is 0.250. The highest BCUT2D eigenvalue weighted by atomic mass is 35.5. The van der Waals surface area contributed by atoms with E-state index in [1.165, 1.54) is 11.1 Å². The minimum Gasteiger partial charge on any atom is -0.327 e. The Hall–Kier alpha value is -1.31. The Kier molecular flexibility index (Phi) is 4.40. The van der Waals surface area contributed by atoms with Gasteiger partial charge in [-0.05, 0) is 36.6 Å². The summed E-state index contributed by atoms with van der Waals surface area (Å²) < 4.78 is 0. The summed E-state index contributed by atoms with van der Waals surface area (Å²) >= 11 is 5.92. The lowest BCUT2D eigenvalue weighted by atomic mass is 9.87. The van der Waals surface area contributed by atoms with E-state index in [0.717, 1.165) is 11.4 Å². The Balaban J connectivity index is 2.21. The highest BCUT2D eigenvalue weighted by Gasteiger charge is 2.16. The molecule has 2 rings (SSSR count). The van der Waals surface area contributed by atoms with Gasteiger partial charge in [0.2, 0.25) is 0 Å². The fourth-order valence-electron chi connectivity index (χ4n) is 2.19. The lowest BCUT2D eigenvalue weighted by Crippen LogP contribution is -2.26. The van der Waals surface area contributed by atoms with Gasteiger partial charge in [-0.15, -0.1) is 0 Å². The Bertz CT molecular complexity index is 476. The van der Waals surface area contributed by atoms with Crippen molar-refractivity contribution < 1.29 is 0 Å². The zero-order valence-corrected chi connectivity index (χ0v) is 11.3. The molecule has 0 saturated carbocycles. The molecule has 2 heteroatoms. The summed E-state index contributed by atoms with van der Waals surface area (Å²) in [7, 11) is 0. The third kappa shape index (κ3) is 3.34. The van der Waals surface area contributed by atoms with Crippen molar-refractivity contribution >= 4 is 11.6 Å². The molecule has 2 atom stereocenters. The quantitative estimate of drug-likeness (QED) is 0.882. The van der Waals surface area contributed by atoms with E-state index in [4.69, 9.17) is 17.3 Å². The maximum atomic E-state index is 6.12. The van der Waals surface area contributed by atoms with E-state index in [9.17, 15) is 0 Å². The molecule has 0 aliphatic carbocycles. The second-order valence-electron chi connectivity index (χ2n) is 4.71. The van der Waals surface area contributed by atoms with Gasteiger partial charge in [0.1, 0.15) is 0 Å². The van der Waals surface area contributed by atoms with Crippen molar-refractivity contribution in [1.29, 1.82) is 0 Å². The van der Waals surface area contributed by atoms with Crippen LogP contribution in [0.1, 0.15) is 24.0 Å². The van der Waals surface area contributed by atoms with Crippen LogP contribution in [0.3, 0.4) is 0 Å².